The first-order chi connectivity index (χ1) is 13.1. The molecule has 1 saturated carbocycles. The van der Waals surface area contributed by atoms with E-state index >= 15 is 0 Å². The second kappa shape index (κ2) is 7.06. The van der Waals surface area contributed by atoms with Crippen LogP contribution in [0.4, 0.5) is 0 Å². The largest absolute Gasteiger partial charge is 0.497 e. The maximum atomic E-state index is 13.1. The third-order valence-corrected chi connectivity index (χ3v) is 5.75. The fraction of sp³-hybridized carbons (Fsp3) is 0.450. The number of aliphatic carboxylic acids is 1. The van der Waals surface area contributed by atoms with Crippen molar-refractivity contribution in [1.29, 1.82) is 0 Å². The van der Waals surface area contributed by atoms with Gasteiger partial charge in [0.15, 0.2) is 5.69 Å². The van der Waals surface area contributed by atoms with Crippen molar-refractivity contribution in [3.05, 3.63) is 42.2 Å². The molecule has 4 rings (SSSR count). The van der Waals surface area contributed by atoms with E-state index in [1.54, 1.807) is 29.0 Å². The summed E-state index contributed by atoms with van der Waals surface area (Å²) in [5.74, 6) is -0.184. The Hall–Kier alpha value is -2.83. The SMILES string of the molecule is COc1ccc(-n2ccc(C(=O)N3[C@H](C(=O)O)C[C@H]4CCCC[C@@H]43)n2)cc1. The van der Waals surface area contributed by atoms with Crippen LogP contribution in [-0.4, -0.2) is 50.9 Å². The van der Waals surface area contributed by atoms with Crippen LogP contribution in [0.3, 0.4) is 0 Å². The van der Waals surface area contributed by atoms with Gasteiger partial charge < -0.3 is 14.7 Å². The number of nitrogens with zero attached hydrogens (tertiary/aromatic N) is 3. The lowest BCUT2D eigenvalue weighted by Crippen LogP contribution is -2.46. The summed E-state index contributed by atoms with van der Waals surface area (Å²) in [7, 11) is 1.60. The number of ether oxygens (including phenoxy) is 1. The Balaban J connectivity index is 1.59. The van der Waals surface area contributed by atoms with E-state index < -0.39 is 12.0 Å². The second-order valence-corrected chi connectivity index (χ2v) is 7.26. The van der Waals surface area contributed by atoms with Gasteiger partial charge in [-0.15, -0.1) is 0 Å². The lowest BCUT2D eigenvalue weighted by molar-refractivity contribution is -0.141. The molecule has 1 aromatic carbocycles. The van der Waals surface area contributed by atoms with Gasteiger partial charge in [0.1, 0.15) is 11.8 Å². The molecule has 0 radical (unpaired) electrons. The monoisotopic (exact) mass is 369 g/mol. The number of methoxy groups -OCH3 is 1. The van der Waals surface area contributed by atoms with Crippen LogP contribution in [0.2, 0.25) is 0 Å². The van der Waals surface area contributed by atoms with E-state index in [0.717, 1.165) is 37.1 Å². The van der Waals surface area contributed by atoms with Crippen molar-refractivity contribution in [2.24, 2.45) is 5.92 Å². The van der Waals surface area contributed by atoms with Gasteiger partial charge in [-0.3, -0.25) is 4.79 Å². The third kappa shape index (κ3) is 3.18. The topological polar surface area (TPSA) is 84.7 Å². The summed E-state index contributed by atoms with van der Waals surface area (Å²) in [6, 6.07) is 8.27. The molecule has 7 nitrogen and oxygen atoms in total. The van der Waals surface area contributed by atoms with Crippen LogP contribution in [0.15, 0.2) is 36.5 Å². The molecule has 0 spiro atoms. The van der Waals surface area contributed by atoms with Crippen LogP contribution in [-0.2, 0) is 4.79 Å². The Labute approximate surface area is 157 Å². The zero-order valence-electron chi connectivity index (χ0n) is 15.2. The van der Waals surface area contributed by atoms with E-state index in [2.05, 4.69) is 5.10 Å². The fourth-order valence-electron chi connectivity index (χ4n) is 4.42. The van der Waals surface area contributed by atoms with Crippen molar-refractivity contribution in [3.8, 4) is 11.4 Å². The number of aromatic nitrogens is 2. The summed E-state index contributed by atoms with van der Waals surface area (Å²) >= 11 is 0. The van der Waals surface area contributed by atoms with Gasteiger partial charge in [0.25, 0.3) is 5.91 Å². The smallest absolute Gasteiger partial charge is 0.326 e. The van der Waals surface area contributed by atoms with Crippen LogP contribution >= 0.6 is 0 Å². The number of carbonyl (C=O) groups is 2. The van der Waals surface area contributed by atoms with E-state index in [9.17, 15) is 14.7 Å². The van der Waals surface area contributed by atoms with Crippen molar-refractivity contribution in [2.75, 3.05) is 7.11 Å². The van der Waals surface area contributed by atoms with E-state index in [-0.39, 0.29) is 23.6 Å². The molecule has 2 fully saturated rings. The molecule has 2 aromatic rings. The summed E-state index contributed by atoms with van der Waals surface area (Å²) in [5.41, 5.74) is 1.09. The summed E-state index contributed by atoms with van der Waals surface area (Å²) < 4.78 is 6.78. The molecule has 2 aliphatic rings. The van der Waals surface area contributed by atoms with Gasteiger partial charge in [0.2, 0.25) is 0 Å². The molecule has 7 heteroatoms. The molecule has 2 heterocycles. The molecule has 0 bridgehead atoms. The zero-order chi connectivity index (χ0) is 19.0. The Morgan fingerprint density at radius 2 is 1.89 bits per heavy atom. The second-order valence-electron chi connectivity index (χ2n) is 7.26. The van der Waals surface area contributed by atoms with Crippen molar-refractivity contribution in [1.82, 2.24) is 14.7 Å². The molecule has 27 heavy (non-hydrogen) atoms. The highest BCUT2D eigenvalue weighted by atomic mass is 16.5. The van der Waals surface area contributed by atoms with Gasteiger partial charge in [-0.2, -0.15) is 5.10 Å². The average molecular weight is 369 g/mol. The lowest BCUT2D eigenvalue weighted by atomic mass is 9.84. The molecule has 1 aliphatic carbocycles. The average Bonchev–Trinajstić information content (AvgIpc) is 3.33. The zero-order valence-corrected chi connectivity index (χ0v) is 15.2. The van der Waals surface area contributed by atoms with Crippen LogP contribution < -0.4 is 4.74 Å². The number of carbonyl (C=O) groups excluding carboxylic acids is 1. The third-order valence-electron chi connectivity index (χ3n) is 5.75. The van der Waals surface area contributed by atoms with E-state index in [0.29, 0.717) is 6.42 Å². The molecular formula is C20H23N3O4. The van der Waals surface area contributed by atoms with Crippen LogP contribution in [0.1, 0.15) is 42.6 Å². The summed E-state index contributed by atoms with van der Waals surface area (Å²) in [6.07, 6.45) is 6.29. The minimum atomic E-state index is -0.924. The molecule has 1 N–H and O–H groups in total. The molecule has 3 atom stereocenters. The van der Waals surface area contributed by atoms with Crippen molar-refractivity contribution in [3.63, 3.8) is 0 Å². The number of carboxylic acid groups (broad SMARTS) is 1. The number of likely N-dealkylation sites (tertiary alicyclic amines) is 1. The quantitative estimate of drug-likeness (QED) is 0.896. The van der Waals surface area contributed by atoms with Gasteiger partial charge >= 0.3 is 5.97 Å². The van der Waals surface area contributed by atoms with Gasteiger partial charge in [-0.1, -0.05) is 12.8 Å². The highest BCUT2D eigenvalue weighted by Gasteiger charge is 2.48. The van der Waals surface area contributed by atoms with Crippen LogP contribution in [0.25, 0.3) is 5.69 Å². The Morgan fingerprint density at radius 3 is 2.59 bits per heavy atom. The summed E-state index contributed by atoms with van der Waals surface area (Å²) in [4.78, 5) is 26.5. The van der Waals surface area contributed by atoms with Gasteiger partial charge in [-0.25, -0.2) is 9.48 Å². The lowest BCUT2D eigenvalue weighted by Gasteiger charge is -2.32. The minimum absolute atomic E-state index is 0.0125. The minimum Gasteiger partial charge on any atom is -0.497 e. The number of benzene rings is 1. The van der Waals surface area contributed by atoms with Crippen LogP contribution in [0, 0.1) is 5.92 Å². The number of hydrogen-bond donors (Lipinski definition) is 1. The molecule has 142 valence electrons. The van der Waals surface area contributed by atoms with Gasteiger partial charge in [-0.05, 0) is 55.5 Å². The normalized spacial score (nSPS) is 24.5. The van der Waals surface area contributed by atoms with Gasteiger partial charge in [0.05, 0.1) is 12.8 Å². The molecule has 1 amide bonds. The van der Waals surface area contributed by atoms with E-state index in [4.69, 9.17) is 4.74 Å². The fourth-order valence-corrected chi connectivity index (χ4v) is 4.42. The number of carboxylic acids is 1. The van der Waals surface area contributed by atoms with E-state index in [1.165, 1.54) is 0 Å². The predicted molar refractivity (Wildman–Crippen MR) is 98.1 cm³/mol. The van der Waals surface area contributed by atoms with E-state index in [1.807, 2.05) is 24.3 Å². The van der Waals surface area contributed by atoms with Crippen molar-refractivity contribution < 1.29 is 19.4 Å². The first-order valence-corrected chi connectivity index (χ1v) is 9.34. The Kier molecular flexibility index (Phi) is 4.59. The van der Waals surface area contributed by atoms with Crippen molar-refractivity contribution in [2.45, 2.75) is 44.2 Å². The number of hydrogen-bond acceptors (Lipinski definition) is 4. The molecule has 0 unspecified atom stereocenters. The van der Waals surface area contributed by atoms with Crippen molar-refractivity contribution >= 4 is 11.9 Å². The standard InChI is InChI=1S/C20H23N3O4/c1-27-15-8-6-14(7-9-15)22-11-10-16(21-22)19(24)23-17-5-3-2-4-13(17)12-18(23)20(25)26/h6-11,13,17-18H,2-5,12H2,1H3,(H,25,26)/t13-,17+,18+/m1/s1. The molecular weight excluding hydrogens is 346 g/mol. The maximum absolute atomic E-state index is 13.1. The highest BCUT2D eigenvalue weighted by Crippen LogP contribution is 2.40. The first-order valence-electron chi connectivity index (χ1n) is 9.34. The maximum Gasteiger partial charge on any atom is 0.326 e. The molecule has 1 saturated heterocycles. The molecule has 1 aliphatic heterocycles. The molecule has 1 aromatic heterocycles. The number of amides is 1. The Bertz CT molecular complexity index is 845. The number of fused-ring (bicyclic) bond motifs is 1. The first kappa shape index (κ1) is 17.6. The van der Waals surface area contributed by atoms with Crippen LogP contribution in [0.5, 0.6) is 5.75 Å². The predicted octanol–water partition coefficient (Wildman–Crippen LogP) is 2.74. The summed E-state index contributed by atoms with van der Waals surface area (Å²) in [5, 5.41) is 14.0. The Morgan fingerprint density at radius 1 is 1.15 bits per heavy atom. The summed E-state index contributed by atoms with van der Waals surface area (Å²) in [6.45, 7) is 0. The highest BCUT2D eigenvalue weighted by molar-refractivity contribution is 5.95. The van der Waals surface area contributed by atoms with Gasteiger partial charge in [0, 0.05) is 12.2 Å². The number of rotatable bonds is 4.